The van der Waals surface area contributed by atoms with E-state index in [4.69, 9.17) is 9.52 Å². The van der Waals surface area contributed by atoms with E-state index in [0.717, 1.165) is 0 Å². The number of carboxylic acids is 1. The molecule has 1 aromatic heterocycles. The van der Waals surface area contributed by atoms with Crippen molar-refractivity contribution in [2.75, 3.05) is 6.54 Å². The minimum absolute atomic E-state index is 0.329. The van der Waals surface area contributed by atoms with Crippen molar-refractivity contribution in [3.8, 4) is 0 Å². The first-order valence-corrected chi connectivity index (χ1v) is 6.72. The van der Waals surface area contributed by atoms with Crippen LogP contribution < -0.4 is 0 Å². The van der Waals surface area contributed by atoms with Crippen molar-refractivity contribution in [2.24, 2.45) is 0 Å². The van der Waals surface area contributed by atoms with Crippen LogP contribution in [0.1, 0.15) is 18.7 Å². The van der Waals surface area contributed by atoms with Gasteiger partial charge in [-0.05, 0) is 25.0 Å². The molecule has 0 aliphatic carbocycles. The normalized spacial score (nSPS) is 18.7. The van der Waals surface area contributed by atoms with Gasteiger partial charge in [-0.3, -0.25) is 4.79 Å². The largest absolute Gasteiger partial charge is 0.480 e. The van der Waals surface area contributed by atoms with E-state index in [-0.39, 0.29) is 5.91 Å². The summed E-state index contributed by atoms with van der Waals surface area (Å²) in [5.74, 6) is -0.964. The van der Waals surface area contributed by atoms with Gasteiger partial charge in [-0.1, -0.05) is 12.1 Å². The van der Waals surface area contributed by atoms with E-state index in [1.165, 1.54) is 17.1 Å². The summed E-state index contributed by atoms with van der Waals surface area (Å²) in [6.07, 6.45) is 3.99. The number of carboxylic acid groups (broad SMARTS) is 1. The van der Waals surface area contributed by atoms with Gasteiger partial charge in [0.1, 0.15) is 11.6 Å². The van der Waals surface area contributed by atoms with Gasteiger partial charge in [0.25, 0.3) is 0 Å². The zero-order valence-corrected chi connectivity index (χ0v) is 11.2. The summed E-state index contributed by atoms with van der Waals surface area (Å²) < 4.78 is 5.47. The predicted octanol–water partition coefficient (Wildman–Crippen LogP) is 1.92. The SMILES string of the molecule is O=C(O)[C@@H]1CCCN1C(=O)/C=C/c1nc2ccccc2o1. The molecule has 0 saturated carbocycles. The fourth-order valence-electron chi connectivity index (χ4n) is 2.49. The number of hydrogen-bond acceptors (Lipinski definition) is 4. The van der Waals surface area contributed by atoms with Crippen LogP contribution >= 0.6 is 0 Å². The summed E-state index contributed by atoms with van der Waals surface area (Å²) in [4.78, 5) is 28.7. The summed E-state index contributed by atoms with van der Waals surface area (Å²) in [7, 11) is 0. The second-order valence-electron chi connectivity index (χ2n) is 4.88. The molecule has 21 heavy (non-hydrogen) atoms. The number of benzene rings is 1. The van der Waals surface area contributed by atoms with E-state index in [9.17, 15) is 9.59 Å². The molecule has 0 spiro atoms. The molecule has 1 amide bonds. The number of para-hydroxylation sites is 2. The summed E-state index contributed by atoms with van der Waals surface area (Å²) in [5.41, 5.74) is 1.36. The van der Waals surface area contributed by atoms with Crippen LogP contribution in [0, 0.1) is 0 Å². The maximum atomic E-state index is 12.1. The molecule has 0 unspecified atom stereocenters. The molecule has 0 radical (unpaired) electrons. The van der Waals surface area contributed by atoms with Crippen molar-refractivity contribution < 1.29 is 19.1 Å². The van der Waals surface area contributed by atoms with Crippen molar-refractivity contribution in [3.05, 3.63) is 36.2 Å². The highest BCUT2D eigenvalue weighted by molar-refractivity contribution is 5.94. The third-order valence-corrected chi connectivity index (χ3v) is 3.50. The second kappa shape index (κ2) is 5.40. The van der Waals surface area contributed by atoms with Gasteiger partial charge in [0.05, 0.1) is 0 Å². The first kappa shape index (κ1) is 13.4. The number of carbonyl (C=O) groups excluding carboxylic acids is 1. The first-order valence-electron chi connectivity index (χ1n) is 6.72. The van der Waals surface area contributed by atoms with Crippen molar-refractivity contribution in [3.63, 3.8) is 0 Å². The van der Waals surface area contributed by atoms with Crippen LogP contribution in [0.2, 0.25) is 0 Å². The summed E-state index contributed by atoms with van der Waals surface area (Å²) in [6.45, 7) is 0.466. The van der Waals surface area contributed by atoms with Crippen LogP contribution in [0.15, 0.2) is 34.8 Å². The molecule has 1 aliphatic heterocycles. The van der Waals surface area contributed by atoms with E-state index in [1.54, 1.807) is 6.07 Å². The van der Waals surface area contributed by atoms with Crippen molar-refractivity contribution in [2.45, 2.75) is 18.9 Å². The highest BCUT2D eigenvalue weighted by atomic mass is 16.4. The highest BCUT2D eigenvalue weighted by Crippen LogP contribution is 2.19. The number of hydrogen-bond donors (Lipinski definition) is 1. The second-order valence-corrected chi connectivity index (χ2v) is 4.88. The Hall–Kier alpha value is -2.63. The molecule has 108 valence electrons. The van der Waals surface area contributed by atoms with E-state index in [0.29, 0.717) is 36.4 Å². The summed E-state index contributed by atoms with van der Waals surface area (Å²) in [6, 6.07) is 6.58. The Morgan fingerprint density at radius 2 is 2.19 bits per heavy atom. The number of fused-ring (bicyclic) bond motifs is 1. The van der Waals surface area contributed by atoms with Crippen LogP contribution in [-0.2, 0) is 9.59 Å². The molecule has 1 aromatic carbocycles. The number of aliphatic carboxylic acids is 1. The standard InChI is InChI=1S/C15H14N2O4/c18-14(17-9-3-5-11(17)15(19)20)8-7-13-16-10-4-1-2-6-12(10)21-13/h1-2,4,6-8,11H,3,5,9H2,(H,19,20)/b8-7+/t11-/m0/s1. The molecule has 1 saturated heterocycles. The maximum absolute atomic E-state index is 12.1. The number of amides is 1. The number of carbonyl (C=O) groups is 2. The lowest BCUT2D eigenvalue weighted by Gasteiger charge is -2.19. The Balaban J connectivity index is 1.76. The van der Waals surface area contributed by atoms with Crippen LogP contribution in [0.25, 0.3) is 17.2 Å². The third kappa shape index (κ3) is 2.65. The van der Waals surface area contributed by atoms with E-state index < -0.39 is 12.0 Å². The quantitative estimate of drug-likeness (QED) is 0.871. The molecule has 1 fully saturated rings. The minimum Gasteiger partial charge on any atom is -0.480 e. The number of oxazole rings is 1. The van der Waals surface area contributed by atoms with E-state index >= 15 is 0 Å². The molecule has 2 aromatic rings. The fraction of sp³-hybridized carbons (Fsp3) is 0.267. The zero-order chi connectivity index (χ0) is 14.8. The predicted molar refractivity (Wildman–Crippen MR) is 75.4 cm³/mol. The van der Waals surface area contributed by atoms with Gasteiger partial charge in [0, 0.05) is 18.7 Å². The summed E-state index contributed by atoms with van der Waals surface area (Å²) >= 11 is 0. The molecule has 3 rings (SSSR count). The van der Waals surface area contributed by atoms with E-state index in [1.807, 2.05) is 18.2 Å². The van der Waals surface area contributed by atoms with Gasteiger partial charge >= 0.3 is 5.97 Å². The third-order valence-electron chi connectivity index (χ3n) is 3.50. The molecule has 1 N–H and O–H groups in total. The van der Waals surface area contributed by atoms with E-state index in [2.05, 4.69) is 4.98 Å². The molecular weight excluding hydrogens is 272 g/mol. The Morgan fingerprint density at radius 1 is 1.38 bits per heavy atom. The maximum Gasteiger partial charge on any atom is 0.326 e. The topological polar surface area (TPSA) is 83.6 Å². The average molecular weight is 286 g/mol. The zero-order valence-electron chi connectivity index (χ0n) is 11.2. The molecule has 2 heterocycles. The van der Waals surface area contributed by atoms with Crippen molar-refractivity contribution in [1.29, 1.82) is 0 Å². The molecule has 6 heteroatoms. The number of rotatable bonds is 3. The molecule has 1 atom stereocenters. The average Bonchev–Trinajstić information content (AvgIpc) is 3.10. The smallest absolute Gasteiger partial charge is 0.326 e. The Kier molecular flexibility index (Phi) is 3.43. The van der Waals surface area contributed by atoms with Crippen molar-refractivity contribution in [1.82, 2.24) is 9.88 Å². The van der Waals surface area contributed by atoms with Gasteiger partial charge in [-0.25, -0.2) is 9.78 Å². The van der Waals surface area contributed by atoms with Crippen LogP contribution in [0.4, 0.5) is 0 Å². The minimum atomic E-state index is -0.962. The summed E-state index contributed by atoms with van der Waals surface area (Å²) in [5, 5.41) is 9.06. The van der Waals surface area contributed by atoms with Gasteiger partial charge in [0.2, 0.25) is 11.8 Å². The lowest BCUT2D eigenvalue weighted by molar-refractivity contribution is -0.146. The van der Waals surface area contributed by atoms with Gasteiger partial charge in [-0.15, -0.1) is 0 Å². The van der Waals surface area contributed by atoms with Crippen LogP contribution in [-0.4, -0.2) is 39.5 Å². The van der Waals surface area contributed by atoms with Gasteiger partial charge < -0.3 is 14.4 Å². The van der Waals surface area contributed by atoms with Crippen LogP contribution in [0.5, 0.6) is 0 Å². The number of likely N-dealkylation sites (tertiary alicyclic amines) is 1. The van der Waals surface area contributed by atoms with Gasteiger partial charge in [-0.2, -0.15) is 0 Å². The van der Waals surface area contributed by atoms with Crippen LogP contribution in [0.3, 0.4) is 0 Å². The molecular formula is C15H14N2O4. The lowest BCUT2D eigenvalue weighted by atomic mass is 10.2. The Morgan fingerprint density at radius 3 is 2.95 bits per heavy atom. The Labute approximate surface area is 120 Å². The molecule has 1 aliphatic rings. The first-order chi connectivity index (χ1) is 10.1. The number of nitrogens with zero attached hydrogens (tertiary/aromatic N) is 2. The lowest BCUT2D eigenvalue weighted by Crippen LogP contribution is -2.39. The highest BCUT2D eigenvalue weighted by Gasteiger charge is 2.32. The molecule has 0 bridgehead atoms. The Bertz CT molecular complexity index is 686. The number of aromatic nitrogens is 1. The van der Waals surface area contributed by atoms with Crippen molar-refractivity contribution >= 4 is 29.1 Å². The van der Waals surface area contributed by atoms with Gasteiger partial charge in [0.15, 0.2) is 5.58 Å². The fourth-order valence-corrected chi connectivity index (χ4v) is 2.49. The molecule has 6 nitrogen and oxygen atoms in total. The monoisotopic (exact) mass is 286 g/mol.